The maximum atomic E-state index is 12.5. The van der Waals surface area contributed by atoms with Crippen LogP contribution in [0.5, 0.6) is 0 Å². The molecule has 1 N–H and O–H groups in total. The van der Waals surface area contributed by atoms with Gasteiger partial charge in [0.2, 0.25) is 5.91 Å². The van der Waals surface area contributed by atoms with Crippen molar-refractivity contribution >= 4 is 16.9 Å². The Morgan fingerprint density at radius 1 is 1.38 bits per heavy atom. The Morgan fingerprint density at radius 2 is 2.22 bits per heavy atom. The van der Waals surface area contributed by atoms with E-state index in [2.05, 4.69) is 22.6 Å². The number of amides is 1. The molecular formula is C25H22N6O. The van der Waals surface area contributed by atoms with Gasteiger partial charge in [0, 0.05) is 34.9 Å². The number of H-pyrrole nitrogens is 1. The summed E-state index contributed by atoms with van der Waals surface area (Å²) in [6.45, 7) is 8.74. The monoisotopic (exact) mass is 422 g/mol. The number of nitriles is 1. The van der Waals surface area contributed by atoms with Crippen LogP contribution in [0.25, 0.3) is 33.4 Å². The summed E-state index contributed by atoms with van der Waals surface area (Å²) in [5.74, 6) is -0.0957. The predicted molar refractivity (Wildman–Crippen MR) is 122 cm³/mol. The molecule has 0 saturated carbocycles. The van der Waals surface area contributed by atoms with Gasteiger partial charge in [0.1, 0.15) is 11.3 Å². The lowest BCUT2D eigenvalue weighted by molar-refractivity contribution is -0.129. The molecular weight excluding hydrogens is 400 g/mol. The standard InChI is InChI=1S/C25H22N6O/c1-4-21(32)30-14-20-23(19-8-9-27-25-22(19)15(2)12-28-25)24(29-31(20)13-16(30)3)18-7-5-6-17(10-18)11-26/h4-10,12,16H,1,13-14H2,2-3H3,(H,27,28)/t16-/m0/s1. The fourth-order valence-electron chi connectivity index (χ4n) is 4.54. The number of rotatable bonds is 3. The molecule has 0 unspecified atom stereocenters. The first-order valence-corrected chi connectivity index (χ1v) is 10.5. The van der Waals surface area contributed by atoms with Crippen LogP contribution in [-0.2, 0) is 17.9 Å². The van der Waals surface area contributed by atoms with Gasteiger partial charge in [-0.05, 0) is 49.2 Å². The Morgan fingerprint density at radius 3 is 3.00 bits per heavy atom. The molecule has 5 rings (SSSR count). The number of nitrogens with one attached hydrogen (secondary N) is 1. The highest BCUT2D eigenvalue weighted by Gasteiger charge is 2.32. The number of benzene rings is 1. The van der Waals surface area contributed by atoms with Gasteiger partial charge >= 0.3 is 0 Å². The van der Waals surface area contributed by atoms with Crippen molar-refractivity contribution in [3.05, 3.63) is 72.2 Å². The normalized spacial score (nSPS) is 15.4. The molecule has 3 aromatic heterocycles. The Bertz CT molecular complexity index is 1420. The van der Waals surface area contributed by atoms with Gasteiger partial charge in [-0.15, -0.1) is 0 Å². The van der Waals surface area contributed by atoms with Gasteiger partial charge in [0.15, 0.2) is 0 Å². The lowest BCUT2D eigenvalue weighted by atomic mass is 9.94. The first-order chi connectivity index (χ1) is 15.5. The van der Waals surface area contributed by atoms with Gasteiger partial charge in [-0.25, -0.2) is 4.98 Å². The molecule has 32 heavy (non-hydrogen) atoms. The molecule has 1 aromatic carbocycles. The zero-order chi connectivity index (χ0) is 22.4. The van der Waals surface area contributed by atoms with E-state index in [1.165, 1.54) is 6.08 Å². The molecule has 7 heteroatoms. The largest absolute Gasteiger partial charge is 0.346 e. The summed E-state index contributed by atoms with van der Waals surface area (Å²) in [5.41, 5.74) is 7.07. The minimum atomic E-state index is -0.0957. The van der Waals surface area contributed by atoms with E-state index in [1.54, 1.807) is 12.3 Å². The maximum absolute atomic E-state index is 12.5. The SMILES string of the molecule is C=CC(=O)N1Cc2c(-c3ccnc4[nH]cc(C)c34)c(-c3cccc(C#N)c3)nn2C[C@@H]1C. The Hall–Kier alpha value is -4.18. The number of carbonyl (C=O) groups excluding carboxylic acids is 1. The molecule has 4 aromatic rings. The van der Waals surface area contributed by atoms with Gasteiger partial charge in [-0.2, -0.15) is 10.4 Å². The van der Waals surface area contributed by atoms with E-state index in [-0.39, 0.29) is 11.9 Å². The molecule has 0 aliphatic carbocycles. The van der Waals surface area contributed by atoms with Crippen LogP contribution >= 0.6 is 0 Å². The lowest BCUT2D eigenvalue weighted by Crippen LogP contribution is -2.44. The van der Waals surface area contributed by atoms with Crippen LogP contribution in [0.4, 0.5) is 0 Å². The number of hydrogen-bond donors (Lipinski definition) is 1. The van der Waals surface area contributed by atoms with Crippen LogP contribution in [0.3, 0.4) is 0 Å². The number of aryl methyl sites for hydroxylation is 1. The molecule has 0 fully saturated rings. The van der Waals surface area contributed by atoms with Crippen molar-refractivity contribution in [3.8, 4) is 28.5 Å². The molecule has 1 amide bonds. The highest BCUT2D eigenvalue weighted by atomic mass is 16.2. The summed E-state index contributed by atoms with van der Waals surface area (Å²) in [6, 6.07) is 11.7. The third kappa shape index (κ3) is 3.00. The Kier molecular flexibility index (Phi) is 4.63. The second-order valence-corrected chi connectivity index (χ2v) is 8.12. The number of nitrogens with zero attached hydrogens (tertiary/aromatic N) is 5. The van der Waals surface area contributed by atoms with Crippen LogP contribution < -0.4 is 0 Å². The van der Waals surface area contributed by atoms with Crippen molar-refractivity contribution in [1.82, 2.24) is 24.6 Å². The molecule has 1 aliphatic rings. The fourth-order valence-corrected chi connectivity index (χ4v) is 4.54. The van der Waals surface area contributed by atoms with Crippen molar-refractivity contribution in [1.29, 1.82) is 5.26 Å². The highest BCUT2D eigenvalue weighted by Crippen LogP contribution is 2.41. The van der Waals surface area contributed by atoms with Crippen LogP contribution in [0.2, 0.25) is 0 Å². The van der Waals surface area contributed by atoms with Gasteiger partial charge < -0.3 is 9.88 Å². The number of hydrogen-bond acceptors (Lipinski definition) is 4. The third-order valence-electron chi connectivity index (χ3n) is 6.11. The zero-order valence-electron chi connectivity index (χ0n) is 18.0. The van der Waals surface area contributed by atoms with E-state index in [9.17, 15) is 10.1 Å². The second-order valence-electron chi connectivity index (χ2n) is 8.12. The van der Waals surface area contributed by atoms with Crippen LogP contribution in [0.1, 0.15) is 23.7 Å². The van der Waals surface area contributed by atoms with Crippen molar-refractivity contribution in [3.63, 3.8) is 0 Å². The topological polar surface area (TPSA) is 90.6 Å². The third-order valence-corrected chi connectivity index (χ3v) is 6.11. The van der Waals surface area contributed by atoms with Crippen LogP contribution in [0, 0.1) is 18.3 Å². The molecule has 158 valence electrons. The average molecular weight is 422 g/mol. The molecule has 0 bridgehead atoms. The van der Waals surface area contributed by atoms with E-state index < -0.39 is 0 Å². The van der Waals surface area contributed by atoms with Gasteiger partial charge in [-0.1, -0.05) is 18.7 Å². The zero-order valence-corrected chi connectivity index (χ0v) is 18.0. The average Bonchev–Trinajstić information content (AvgIpc) is 3.38. The molecule has 4 heterocycles. The Balaban J connectivity index is 1.81. The number of carbonyl (C=O) groups is 1. The number of aromatic nitrogens is 4. The second kappa shape index (κ2) is 7.50. The number of pyridine rings is 1. The van der Waals surface area contributed by atoms with Crippen molar-refractivity contribution in [2.45, 2.75) is 33.0 Å². The van der Waals surface area contributed by atoms with E-state index >= 15 is 0 Å². The quantitative estimate of drug-likeness (QED) is 0.501. The lowest BCUT2D eigenvalue weighted by Gasteiger charge is -2.33. The molecule has 0 saturated heterocycles. The molecule has 0 radical (unpaired) electrons. The summed E-state index contributed by atoms with van der Waals surface area (Å²) < 4.78 is 2.00. The summed E-state index contributed by atoms with van der Waals surface area (Å²) in [5, 5.41) is 15.4. The van der Waals surface area contributed by atoms with Crippen molar-refractivity contribution in [2.24, 2.45) is 0 Å². The fraction of sp³-hybridized carbons (Fsp3) is 0.200. The smallest absolute Gasteiger partial charge is 0.246 e. The molecule has 7 nitrogen and oxygen atoms in total. The molecule has 1 aliphatic heterocycles. The molecule has 0 spiro atoms. The van der Waals surface area contributed by atoms with Crippen molar-refractivity contribution in [2.75, 3.05) is 0 Å². The number of aromatic amines is 1. The molecule has 1 atom stereocenters. The van der Waals surface area contributed by atoms with Crippen molar-refractivity contribution < 1.29 is 4.79 Å². The summed E-state index contributed by atoms with van der Waals surface area (Å²) >= 11 is 0. The summed E-state index contributed by atoms with van der Waals surface area (Å²) in [4.78, 5) is 22.1. The Labute approximate surface area is 185 Å². The van der Waals surface area contributed by atoms with Gasteiger partial charge in [0.05, 0.1) is 30.4 Å². The maximum Gasteiger partial charge on any atom is 0.246 e. The van der Waals surface area contributed by atoms with Gasteiger partial charge in [-0.3, -0.25) is 9.48 Å². The summed E-state index contributed by atoms with van der Waals surface area (Å²) in [7, 11) is 0. The minimum absolute atomic E-state index is 0.00880. The van der Waals surface area contributed by atoms with E-state index in [0.717, 1.165) is 44.7 Å². The number of fused-ring (bicyclic) bond motifs is 2. The first-order valence-electron chi connectivity index (χ1n) is 10.5. The van der Waals surface area contributed by atoms with E-state index in [0.29, 0.717) is 18.7 Å². The highest BCUT2D eigenvalue weighted by molar-refractivity contribution is 6.00. The van der Waals surface area contributed by atoms with Crippen LogP contribution in [-0.4, -0.2) is 36.6 Å². The van der Waals surface area contributed by atoms with Crippen LogP contribution in [0.15, 0.2) is 55.4 Å². The van der Waals surface area contributed by atoms with E-state index in [1.807, 2.05) is 53.9 Å². The first kappa shape index (κ1) is 19.8. The summed E-state index contributed by atoms with van der Waals surface area (Å²) in [6.07, 6.45) is 5.09. The predicted octanol–water partition coefficient (Wildman–Crippen LogP) is 4.19. The minimum Gasteiger partial charge on any atom is -0.346 e. The van der Waals surface area contributed by atoms with Gasteiger partial charge in [0.25, 0.3) is 0 Å². The van der Waals surface area contributed by atoms with E-state index in [4.69, 9.17) is 5.10 Å².